The molecule has 2 atom stereocenters. The highest BCUT2D eigenvalue weighted by Crippen LogP contribution is 2.63. The summed E-state index contributed by atoms with van der Waals surface area (Å²) in [5, 5.41) is 5.10. The molecule has 0 saturated carbocycles. The zero-order valence-electron chi connectivity index (χ0n) is 22.3. The van der Waals surface area contributed by atoms with Gasteiger partial charge in [0.1, 0.15) is 0 Å². The molecule has 8 heteroatoms. The van der Waals surface area contributed by atoms with Gasteiger partial charge in [0.25, 0.3) is 0 Å². The second-order valence-electron chi connectivity index (χ2n) is 10.9. The van der Waals surface area contributed by atoms with Crippen LogP contribution in [-0.4, -0.2) is 23.9 Å². The second-order valence-corrected chi connectivity index (χ2v) is 11.8. The van der Waals surface area contributed by atoms with Crippen LogP contribution in [0.4, 0.5) is 5.69 Å². The average molecular weight is 594 g/mol. The molecule has 8 rings (SSSR count). The van der Waals surface area contributed by atoms with Crippen molar-refractivity contribution >= 4 is 52.8 Å². The summed E-state index contributed by atoms with van der Waals surface area (Å²) in [7, 11) is 0. The van der Waals surface area contributed by atoms with Crippen LogP contribution in [-0.2, 0) is 26.2 Å². The first-order chi connectivity index (χ1) is 20.4. The molecule has 4 aromatic carbocycles. The van der Waals surface area contributed by atoms with E-state index in [4.69, 9.17) is 23.2 Å². The van der Waals surface area contributed by atoms with Crippen LogP contribution < -0.4 is 10.3 Å². The molecule has 0 radical (unpaired) electrons. The second kappa shape index (κ2) is 10.2. The molecule has 208 valence electrons. The molecule has 42 heavy (non-hydrogen) atoms. The molecule has 1 heterocycles. The standard InChI is InChI=1S/C34H25Cl2N3O3/c35-21-15-16-27(26(36)18-21)39-32(41)30-29-22-10-4-6-12-24(22)34(31(30)33(39)42,25-13-7-5-11-23(25)29)19-37-38-28(40)17-14-20-8-2-1-3-9-20/h1-13,15-16,18-19,29-31H,14,17H2,(H,38,40)/b37-19+. The number of benzene rings is 4. The van der Waals surface area contributed by atoms with Crippen LogP contribution >= 0.6 is 23.2 Å². The van der Waals surface area contributed by atoms with Gasteiger partial charge in [-0.05, 0) is 52.4 Å². The molecule has 3 aliphatic carbocycles. The summed E-state index contributed by atoms with van der Waals surface area (Å²) in [5.74, 6) is -2.67. The van der Waals surface area contributed by atoms with Crippen LogP contribution in [0.2, 0.25) is 10.0 Å². The number of carbonyl (C=O) groups excluding carboxylic acids is 3. The Bertz CT molecular complexity index is 1740. The van der Waals surface area contributed by atoms with E-state index in [-0.39, 0.29) is 35.1 Å². The first-order valence-corrected chi connectivity index (χ1v) is 14.6. The summed E-state index contributed by atoms with van der Waals surface area (Å²) in [6.45, 7) is 0. The molecule has 4 aliphatic rings. The molecule has 6 nitrogen and oxygen atoms in total. The van der Waals surface area contributed by atoms with Crippen LogP contribution in [0.1, 0.15) is 40.2 Å². The molecule has 1 fully saturated rings. The molecule has 2 unspecified atom stereocenters. The number of anilines is 1. The number of halogens is 2. The molecule has 1 saturated heterocycles. The Morgan fingerprint density at radius 3 is 2.17 bits per heavy atom. The molecule has 0 spiro atoms. The summed E-state index contributed by atoms with van der Waals surface area (Å²) in [6.07, 6.45) is 2.50. The lowest BCUT2D eigenvalue weighted by molar-refractivity contribution is -0.123. The van der Waals surface area contributed by atoms with Crippen molar-refractivity contribution in [3.05, 3.63) is 135 Å². The van der Waals surface area contributed by atoms with E-state index in [1.54, 1.807) is 18.3 Å². The fourth-order valence-corrected chi connectivity index (χ4v) is 7.61. The van der Waals surface area contributed by atoms with Crippen molar-refractivity contribution in [2.45, 2.75) is 24.2 Å². The maximum absolute atomic E-state index is 14.4. The Kier molecular flexibility index (Phi) is 6.48. The molecule has 1 N–H and O–H groups in total. The van der Waals surface area contributed by atoms with Crippen LogP contribution in [0, 0.1) is 11.8 Å². The number of imide groups is 1. The Morgan fingerprint density at radius 2 is 1.50 bits per heavy atom. The molecule has 3 amide bonds. The van der Waals surface area contributed by atoms with E-state index in [9.17, 15) is 14.4 Å². The summed E-state index contributed by atoms with van der Waals surface area (Å²) in [4.78, 5) is 42.7. The van der Waals surface area contributed by atoms with Gasteiger partial charge in [0.15, 0.2) is 0 Å². The van der Waals surface area contributed by atoms with Crippen LogP contribution in [0.3, 0.4) is 0 Å². The zero-order valence-corrected chi connectivity index (χ0v) is 23.8. The van der Waals surface area contributed by atoms with Crippen molar-refractivity contribution in [3.8, 4) is 0 Å². The van der Waals surface area contributed by atoms with Crippen molar-refractivity contribution < 1.29 is 14.4 Å². The summed E-state index contributed by atoms with van der Waals surface area (Å²) in [6, 6.07) is 30.3. The van der Waals surface area contributed by atoms with Crippen LogP contribution in [0.5, 0.6) is 0 Å². The minimum Gasteiger partial charge on any atom is -0.274 e. The van der Waals surface area contributed by atoms with Gasteiger partial charge in [0.05, 0.1) is 28.0 Å². The van der Waals surface area contributed by atoms with Gasteiger partial charge in [0.2, 0.25) is 17.7 Å². The van der Waals surface area contributed by atoms with E-state index in [0.29, 0.717) is 17.1 Å². The topological polar surface area (TPSA) is 78.8 Å². The third-order valence-corrected chi connectivity index (χ3v) is 9.31. The van der Waals surface area contributed by atoms with E-state index < -0.39 is 17.3 Å². The Balaban J connectivity index is 1.32. The number of nitrogens with one attached hydrogen (secondary N) is 1. The number of nitrogens with zero attached hydrogens (tertiary/aromatic N) is 2. The van der Waals surface area contributed by atoms with Gasteiger partial charge in [0, 0.05) is 23.6 Å². The number of hydrogen-bond acceptors (Lipinski definition) is 4. The number of hydrazone groups is 1. The fourth-order valence-electron chi connectivity index (χ4n) is 7.11. The van der Waals surface area contributed by atoms with Gasteiger partial charge in [-0.25, -0.2) is 10.3 Å². The number of hydrogen-bond donors (Lipinski definition) is 1. The molecular weight excluding hydrogens is 569 g/mol. The van der Waals surface area contributed by atoms with E-state index in [0.717, 1.165) is 27.8 Å². The van der Waals surface area contributed by atoms with Crippen molar-refractivity contribution in [1.82, 2.24) is 5.43 Å². The highest BCUT2D eigenvalue weighted by molar-refractivity contribution is 6.38. The van der Waals surface area contributed by atoms with Crippen molar-refractivity contribution in [2.24, 2.45) is 16.9 Å². The summed E-state index contributed by atoms with van der Waals surface area (Å²) >= 11 is 12.7. The molecule has 0 aromatic heterocycles. The quantitative estimate of drug-likeness (QED) is 0.162. The molecule has 2 bridgehead atoms. The molecule has 4 aromatic rings. The molecule has 1 aliphatic heterocycles. The lowest BCUT2D eigenvalue weighted by Gasteiger charge is -2.52. The van der Waals surface area contributed by atoms with E-state index in [2.05, 4.69) is 10.5 Å². The molecular formula is C34H25Cl2N3O3. The Labute approximate surface area is 253 Å². The van der Waals surface area contributed by atoms with Gasteiger partial charge < -0.3 is 0 Å². The average Bonchev–Trinajstić information content (AvgIpc) is 3.27. The third kappa shape index (κ3) is 3.93. The maximum Gasteiger partial charge on any atom is 0.240 e. The van der Waals surface area contributed by atoms with Gasteiger partial charge in [-0.2, -0.15) is 5.10 Å². The number of aryl methyl sites for hydroxylation is 1. The number of rotatable bonds is 6. The Morgan fingerprint density at radius 1 is 0.857 bits per heavy atom. The third-order valence-electron chi connectivity index (χ3n) is 8.78. The highest BCUT2D eigenvalue weighted by Gasteiger charge is 2.68. The minimum atomic E-state index is -1.08. The van der Waals surface area contributed by atoms with Crippen LogP contribution in [0.25, 0.3) is 0 Å². The number of carbonyl (C=O) groups is 3. The van der Waals surface area contributed by atoms with Gasteiger partial charge in [-0.15, -0.1) is 0 Å². The summed E-state index contributed by atoms with van der Waals surface area (Å²) in [5.41, 5.74) is 6.73. The number of amides is 3. The normalized spacial score (nSPS) is 23.6. The fraction of sp³-hybridized carbons (Fsp3) is 0.176. The minimum absolute atomic E-state index is 0.221. The van der Waals surface area contributed by atoms with E-state index in [1.165, 1.54) is 11.0 Å². The van der Waals surface area contributed by atoms with Crippen molar-refractivity contribution in [2.75, 3.05) is 4.90 Å². The largest absolute Gasteiger partial charge is 0.274 e. The first-order valence-electron chi connectivity index (χ1n) is 13.8. The summed E-state index contributed by atoms with van der Waals surface area (Å²) < 4.78 is 0. The van der Waals surface area contributed by atoms with Crippen LogP contribution in [0.15, 0.2) is 102 Å². The highest BCUT2D eigenvalue weighted by atomic mass is 35.5. The van der Waals surface area contributed by atoms with E-state index >= 15 is 0 Å². The zero-order chi connectivity index (χ0) is 29.0. The van der Waals surface area contributed by atoms with E-state index in [1.807, 2.05) is 78.9 Å². The van der Waals surface area contributed by atoms with Crippen molar-refractivity contribution in [3.63, 3.8) is 0 Å². The van der Waals surface area contributed by atoms with Crippen molar-refractivity contribution in [1.29, 1.82) is 0 Å². The smallest absolute Gasteiger partial charge is 0.240 e. The monoisotopic (exact) mass is 593 g/mol. The SMILES string of the molecule is O=C(CCc1ccccc1)N/N=C/C12c3ccccc3C(c3ccccc31)C1C(=O)N(c3ccc(Cl)cc3Cl)C(=O)C12. The predicted molar refractivity (Wildman–Crippen MR) is 163 cm³/mol. The van der Waals surface area contributed by atoms with Gasteiger partial charge >= 0.3 is 0 Å². The van der Waals surface area contributed by atoms with Gasteiger partial charge in [-0.3, -0.25) is 14.4 Å². The maximum atomic E-state index is 14.4. The van der Waals surface area contributed by atoms with Gasteiger partial charge in [-0.1, -0.05) is 102 Å². The Hall–Kier alpha value is -4.26. The predicted octanol–water partition coefficient (Wildman–Crippen LogP) is 6.28. The first kappa shape index (κ1) is 26.6. The lowest BCUT2D eigenvalue weighted by Crippen LogP contribution is -2.54. The lowest BCUT2D eigenvalue weighted by atomic mass is 9.47.